The van der Waals surface area contributed by atoms with E-state index in [-0.39, 0.29) is 38.6 Å². The normalized spacial score (nSPS) is 13.5. The number of phosphoric acid groups is 1. The van der Waals surface area contributed by atoms with E-state index in [1.165, 1.54) is 193 Å². The van der Waals surface area contributed by atoms with Gasteiger partial charge in [-0.25, -0.2) is 4.57 Å². The number of hydrogen-bond acceptors (Lipinski definition) is 8. The van der Waals surface area contributed by atoms with Gasteiger partial charge < -0.3 is 20.1 Å². The highest BCUT2D eigenvalue weighted by Gasteiger charge is 2.26. The van der Waals surface area contributed by atoms with Gasteiger partial charge in [0.15, 0.2) is 6.10 Å². The second kappa shape index (κ2) is 60.7. The Balaban J connectivity index is 3.80. The monoisotopic (exact) mass is 1070 g/mol. The Bertz CT molecular complexity index is 1460. The first-order chi connectivity index (χ1) is 36.8. The lowest BCUT2D eigenvalue weighted by Gasteiger charge is -2.19. The highest BCUT2D eigenvalue weighted by atomic mass is 31.2. The van der Waals surface area contributed by atoms with Crippen LogP contribution in [0, 0.1) is 0 Å². The molecule has 0 radical (unpaired) electrons. The van der Waals surface area contributed by atoms with Crippen LogP contribution in [0.3, 0.4) is 0 Å². The Labute approximate surface area is 462 Å². The molecule has 10 heteroatoms. The maximum atomic E-state index is 12.7. The van der Waals surface area contributed by atoms with Crippen molar-refractivity contribution in [3.05, 3.63) is 72.9 Å². The lowest BCUT2D eigenvalue weighted by molar-refractivity contribution is -0.161. The fourth-order valence-electron chi connectivity index (χ4n) is 9.00. The molecule has 0 saturated heterocycles. The van der Waals surface area contributed by atoms with E-state index < -0.39 is 26.5 Å². The van der Waals surface area contributed by atoms with Crippen molar-refractivity contribution in [3.8, 4) is 0 Å². The summed E-state index contributed by atoms with van der Waals surface area (Å²) in [7, 11) is -4.38. The van der Waals surface area contributed by atoms with Crippen LogP contribution in [-0.2, 0) is 32.7 Å². The summed E-state index contributed by atoms with van der Waals surface area (Å²) in [5, 5.41) is 0. The number of allylic oxidation sites excluding steroid dienone is 12. The van der Waals surface area contributed by atoms with Crippen LogP contribution in [0.4, 0.5) is 0 Å². The summed E-state index contributed by atoms with van der Waals surface area (Å²) < 4.78 is 33.0. The quantitative estimate of drug-likeness (QED) is 0.0264. The first-order valence-corrected chi connectivity index (χ1v) is 32.9. The number of ether oxygens (including phenoxy) is 2. The molecule has 0 aromatic carbocycles. The molecular formula is C65H118NO8P. The predicted octanol–water partition coefficient (Wildman–Crippen LogP) is 20.1. The molecule has 2 unspecified atom stereocenters. The van der Waals surface area contributed by atoms with Crippen molar-refractivity contribution in [2.75, 3.05) is 26.4 Å². The van der Waals surface area contributed by atoms with Crippen molar-refractivity contribution in [1.82, 2.24) is 0 Å². The van der Waals surface area contributed by atoms with Crippen LogP contribution in [0.1, 0.15) is 296 Å². The molecule has 0 aliphatic heterocycles. The zero-order valence-corrected chi connectivity index (χ0v) is 49.7. The number of carbonyl (C=O) groups is 2. The van der Waals surface area contributed by atoms with Gasteiger partial charge in [0.05, 0.1) is 13.2 Å². The molecule has 0 aromatic heterocycles. The molecule has 0 aliphatic rings. The summed E-state index contributed by atoms with van der Waals surface area (Å²) in [5.74, 6) is -0.813. The van der Waals surface area contributed by atoms with Gasteiger partial charge in [0.25, 0.3) is 0 Å². The third-order valence-electron chi connectivity index (χ3n) is 13.6. The Morgan fingerprint density at radius 1 is 0.413 bits per heavy atom. The summed E-state index contributed by atoms with van der Waals surface area (Å²) in [5.41, 5.74) is 5.38. The molecule has 0 aliphatic carbocycles. The van der Waals surface area contributed by atoms with Crippen molar-refractivity contribution < 1.29 is 37.6 Å². The molecule has 0 heterocycles. The van der Waals surface area contributed by atoms with Crippen molar-refractivity contribution in [2.45, 2.75) is 302 Å². The van der Waals surface area contributed by atoms with Gasteiger partial charge in [0.1, 0.15) is 6.61 Å². The molecule has 0 amide bonds. The van der Waals surface area contributed by atoms with E-state index in [2.05, 4.69) is 86.8 Å². The van der Waals surface area contributed by atoms with E-state index in [0.717, 1.165) is 70.6 Å². The third-order valence-corrected chi connectivity index (χ3v) is 14.6. The molecular weight excluding hydrogens is 954 g/mol. The van der Waals surface area contributed by atoms with Crippen molar-refractivity contribution in [1.29, 1.82) is 0 Å². The van der Waals surface area contributed by atoms with Crippen LogP contribution < -0.4 is 5.73 Å². The smallest absolute Gasteiger partial charge is 0.462 e. The predicted molar refractivity (Wildman–Crippen MR) is 321 cm³/mol. The minimum atomic E-state index is -4.38. The Kier molecular flexibility index (Phi) is 58.6. The number of phosphoric ester groups is 1. The summed E-state index contributed by atoms with van der Waals surface area (Å²) in [4.78, 5) is 35.2. The number of unbranched alkanes of at least 4 members (excludes halogenated alkanes) is 34. The van der Waals surface area contributed by atoms with Gasteiger partial charge in [-0.15, -0.1) is 0 Å². The minimum Gasteiger partial charge on any atom is -0.462 e. The standard InChI is InChI=1S/C65H118NO8P/c1-3-5-7-9-11-13-15-17-19-20-21-22-23-24-25-26-27-28-29-30-31-32-33-34-35-36-37-38-39-40-41-42-44-46-48-50-52-54-56-58-65(68)74-63(62-73-75(69,70)72-60-59-66)61-71-64(67)57-55-53-51-49-47-45-43-18-16-14-12-10-8-6-4-2/h5,7,11,13,17,19,21-22,24-25,27-28,63H,3-4,6,8-10,12,14-16,18,20,23,26,29-62,66H2,1-2H3,(H,69,70)/b7-5-,13-11-,19-17-,22-21-,25-24-,28-27-. The second-order valence-corrected chi connectivity index (χ2v) is 22.4. The fraction of sp³-hybridized carbons (Fsp3) is 0.785. The van der Waals surface area contributed by atoms with Gasteiger partial charge in [0.2, 0.25) is 0 Å². The first-order valence-electron chi connectivity index (χ1n) is 31.4. The zero-order chi connectivity index (χ0) is 54.5. The maximum absolute atomic E-state index is 12.7. The van der Waals surface area contributed by atoms with Gasteiger partial charge in [0, 0.05) is 19.4 Å². The fourth-order valence-corrected chi connectivity index (χ4v) is 9.76. The molecule has 0 fully saturated rings. The van der Waals surface area contributed by atoms with Gasteiger partial charge in [-0.2, -0.15) is 0 Å². The molecule has 0 bridgehead atoms. The van der Waals surface area contributed by atoms with Crippen LogP contribution in [0.2, 0.25) is 0 Å². The molecule has 0 spiro atoms. The molecule has 2 atom stereocenters. The molecule has 3 N–H and O–H groups in total. The first kappa shape index (κ1) is 72.5. The molecule has 0 rings (SSSR count). The van der Waals surface area contributed by atoms with Gasteiger partial charge in [-0.3, -0.25) is 18.6 Å². The van der Waals surface area contributed by atoms with Crippen LogP contribution >= 0.6 is 7.82 Å². The zero-order valence-electron chi connectivity index (χ0n) is 48.8. The van der Waals surface area contributed by atoms with Crippen LogP contribution in [0.25, 0.3) is 0 Å². The van der Waals surface area contributed by atoms with Gasteiger partial charge in [-0.1, -0.05) is 292 Å². The minimum absolute atomic E-state index is 0.0546. The lowest BCUT2D eigenvalue weighted by Crippen LogP contribution is -2.29. The average molecular weight is 1070 g/mol. The van der Waals surface area contributed by atoms with E-state index in [0.29, 0.717) is 6.42 Å². The molecule has 0 saturated carbocycles. The molecule has 75 heavy (non-hydrogen) atoms. The summed E-state index contributed by atoms with van der Waals surface area (Å²) >= 11 is 0. The summed E-state index contributed by atoms with van der Waals surface area (Å²) in [6.45, 7) is 3.67. The largest absolute Gasteiger partial charge is 0.472 e. The van der Waals surface area contributed by atoms with Crippen molar-refractivity contribution in [2.24, 2.45) is 5.73 Å². The Morgan fingerprint density at radius 3 is 1.09 bits per heavy atom. The molecule has 0 aromatic rings. The van der Waals surface area contributed by atoms with Gasteiger partial charge >= 0.3 is 19.8 Å². The highest BCUT2D eigenvalue weighted by molar-refractivity contribution is 7.47. The van der Waals surface area contributed by atoms with Gasteiger partial charge in [-0.05, 0) is 64.2 Å². The van der Waals surface area contributed by atoms with Crippen molar-refractivity contribution >= 4 is 19.8 Å². The SMILES string of the molecule is CC/C=C\C/C=C\C/C=C\C/C=C\C/C=C\C/C=C\CCCCCCCCCCCCCCCCCCCCCCC(=O)OC(COC(=O)CCCCCCCCCCCCCCCCC)COP(=O)(O)OCCN. The van der Waals surface area contributed by atoms with E-state index >= 15 is 0 Å². The number of esters is 2. The van der Waals surface area contributed by atoms with E-state index in [4.69, 9.17) is 24.3 Å². The summed E-state index contributed by atoms with van der Waals surface area (Å²) in [6, 6.07) is 0. The van der Waals surface area contributed by atoms with Crippen molar-refractivity contribution in [3.63, 3.8) is 0 Å². The average Bonchev–Trinajstić information content (AvgIpc) is 3.40. The maximum Gasteiger partial charge on any atom is 0.472 e. The lowest BCUT2D eigenvalue weighted by atomic mass is 10.0. The summed E-state index contributed by atoms with van der Waals surface area (Å²) in [6.07, 6.45) is 78.4. The van der Waals surface area contributed by atoms with E-state index in [1.807, 2.05) is 0 Å². The second-order valence-electron chi connectivity index (χ2n) is 20.9. The number of carbonyl (C=O) groups excluding carboxylic acids is 2. The van der Waals surface area contributed by atoms with Crippen LogP contribution in [0.15, 0.2) is 72.9 Å². The van der Waals surface area contributed by atoms with Crippen LogP contribution in [-0.4, -0.2) is 49.3 Å². The topological polar surface area (TPSA) is 134 Å². The number of hydrogen-bond donors (Lipinski definition) is 2. The van der Waals surface area contributed by atoms with Crippen LogP contribution in [0.5, 0.6) is 0 Å². The number of rotatable bonds is 59. The third kappa shape index (κ3) is 60.5. The number of nitrogens with two attached hydrogens (primary N) is 1. The van der Waals surface area contributed by atoms with E-state index in [1.54, 1.807) is 0 Å². The highest BCUT2D eigenvalue weighted by Crippen LogP contribution is 2.43. The Hall–Kier alpha value is -2.55. The molecule has 436 valence electrons. The molecule has 9 nitrogen and oxygen atoms in total. The van der Waals surface area contributed by atoms with E-state index in [9.17, 15) is 19.0 Å². The Morgan fingerprint density at radius 2 is 0.733 bits per heavy atom.